The molecule has 4 aliphatic rings. The first-order valence-corrected chi connectivity index (χ1v) is 8.67. The van der Waals surface area contributed by atoms with Crippen molar-refractivity contribution in [1.82, 2.24) is 0 Å². The molecule has 3 fully saturated rings. The van der Waals surface area contributed by atoms with Crippen molar-refractivity contribution in [2.24, 2.45) is 35.5 Å². The molecule has 1 N–H and O–H groups in total. The van der Waals surface area contributed by atoms with Crippen LogP contribution in [-0.4, -0.2) is 11.1 Å². The lowest BCUT2D eigenvalue weighted by Gasteiger charge is -2.49. The van der Waals surface area contributed by atoms with E-state index in [1.165, 1.54) is 51.4 Å². The number of carbonyl (C=O) groups is 1. The van der Waals surface area contributed by atoms with Crippen LogP contribution >= 0.6 is 0 Å². The highest BCUT2D eigenvalue weighted by atomic mass is 16.4. The van der Waals surface area contributed by atoms with Crippen LogP contribution in [0.25, 0.3) is 0 Å². The lowest BCUT2D eigenvalue weighted by molar-refractivity contribution is -0.144. The van der Waals surface area contributed by atoms with Crippen LogP contribution in [-0.2, 0) is 4.79 Å². The van der Waals surface area contributed by atoms with Gasteiger partial charge in [0.2, 0.25) is 0 Å². The highest BCUT2D eigenvalue weighted by molar-refractivity contribution is 5.70. The van der Waals surface area contributed by atoms with Gasteiger partial charge in [0.05, 0.1) is 5.92 Å². The molecule has 3 saturated carbocycles. The Morgan fingerprint density at radius 2 is 1.70 bits per heavy atom. The first-order chi connectivity index (χ1) is 9.75. The van der Waals surface area contributed by atoms with Crippen LogP contribution in [0, 0.1) is 35.5 Å². The predicted octanol–water partition coefficient (Wildman–Crippen LogP) is 4.26. The van der Waals surface area contributed by atoms with Gasteiger partial charge < -0.3 is 5.11 Å². The minimum absolute atomic E-state index is 0.0238. The minimum Gasteiger partial charge on any atom is -0.481 e. The summed E-state index contributed by atoms with van der Waals surface area (Å²) in [6.45, 7) is 0. The Bertz CT molecular complexity index is 439. The molecule has 0 spiro atoms. The number of fused-ring (bicyclic) bond motifs is 5. The van der Waals surface area contributed by atoms with E-state index in [0.29, 0.717) is 5.92 Å². The summed E-state index contributed by atoms with van der Waals surface area (Å²) in [6.07, 6.45) is 13.9. The average molecular weight is 274 g/mol. The summed E-state index contributed by atoms with van der Waals surface area (Å²) in [7, 11) is 0. The number of hydrogen-bond donors (Lipinski definition) is 1. The van der Waals surface area contributed by atoms with Crippen LogP contribution in [0.1, 0.15) is 57.8 Å². The van der Waals surface area contributed by atoms with Gasteiger partial charge in [-0.25, -0.2) is 0 Å². The van der Waals surface area contributed by atoms with E-state index >= 15 is 0 Å². The van der Waals surface area contributed by atoms with Crippen molar-refractivity contribution in [3.63, 3.8) is 0 Å². The summed E-state index contributed by atoms with van der Waals surface area (Å²) in [5.74, 6) is 3.30. The van der Waals surface area contributed by atoms with Crippen molar-refractivity contribution in [1.29, 1.82) is 0 Å². The minimum atomic E-state index is -0.523. The lowest BCUT2D eigenvalue weighted by Crippen LogP contribution is -2.42. The molecule has 0 aliphatic heterocycles. The molecule has 0 aromatic rings. The first-order valence-electron chi connectivity index (χ1n) is 8.67. The van der Waals surface area contributed by atoms with E-state index in [2.05, 4.69) is 6.08 Å². The van der Waals surface area contributed by atoms with Crippen molar-refractivity contribution < 1.29 is 9.90 Å². The molecule has 4 aliphatic carbocycles. The number of allylic oxidation sites excluding steroid dienone is 2. The van der Waals surface area contributed by atoms with Crippen LogP contribution in [0.4, 0.5) is 0 Å². The molecular formula is C18H26O2. The maximum Gasteiger partial charge on any atom is 0.306 e. The van der Waals surface area contributed by atoms with Gasteiger partial charge in [0.1, 0.15) is 0 Å². The molecule has 110 valence electrons. The van der Waals surface area contributed by atoms with E-state index in [4.69, 9.17) is 0 Å². The molecule has 6 atom stereocenters. The molecule has 0 saturated heterocycles. The van der Waals surface area contributed by atoms with E-state index in [1.807, 2.05) is 0 Å². The summed E-state index contributed by atoms with van der Waals surface area (Å²) < 4.78 is 0. The zero-order chi connectivity index (χ0) is 13.7. The van der Waals surface area contributed by atoms with Gasteiger partial charge in [0.15, 0.2) is 0 Å². The van der Waals surface area contributed by atoms with Gasteiger partial charge in [-0.3, -0.25) is 4.79 Å². The van der Waals surface area contributed by atoms with Gasteiger partial charge in [0.25, 0.3) is 0 Å². The zero-order valence-corrected chi connectivity index (χ0v) is 12.3. The summed E-state index contributed by atoms with van der Waals surface area (Å²) in [6, 6.07) is 0. The predicted molar refractivity (Wildman–Crippen MR) is 78.2 cm³/mol. The normalized spacial score (nSPS) is 46.9. The maximum atomic E-state index is 11.4. The Morgan fingerprint density at radius 3 is 2.55 bits per heavy atom. The second kappa shape index (κ2) is 4.89. The third-order valence-corrected chi connectivity index (χ3v) is 7.01. The molecule has 4 rings (SSSR count). The number of hydrogen-bond acceptors (Lipinski definition) is 1. The molecule has 0 heterocycles. The molecular weight excluding hydrogens is 248 g/mol. The molecule has 0 aromatic carbocycles. The number of carboxylic acid groups (broad SMARTS) is 1. The molecule has 0 radical (unpaired) electrons. The van der Waals surface area contributed by atoms with Crippen LogP contribution in [0.5, 0.6) is 0 Å². The fourth-order valence-corrected chi connectivity index (χ4v) is 6.27. The van der Waals surface area contributed by atoms with Crippen molar-refractivity contribution in [2.45, 2.75) is 57.8 Å². The maximum absolute atomic E-state index is 11.4. The number of aliphatic carboxylic acids is 1. The Morgan fingerprint density at radius 1 is 0.950 bits per heavy atom. The van der Waals surface area contributed by atoms with Gasteiger partial charge in [-0.2, -0.15) is 0 Å². The van der Waals surface area contributed by atoms with Crippen LogP contribution < -0.4 is 0 Å². The smallest absolute Gasteiger partial charge is 0.306 e. The molecule has 20 heavy (non-hydrogen) atoms. The Kier molecular flexibility index (Phi) is 3.16. The third kappa shape index (κ3) is 1.87. The average Bonchev–Trinajstić information content (AvgIpc) is 2.91. The van der Waals surface area contributed by atoms with Gasteiger partial charge in [-0.15, -0.1) is 0 Å². The highest BCUT2D eigenvalue weighted by Crippen LogP contribution is 2.58. The summed E-state index contributed by atoms with van der Waals surface area (Å²) in [4.78, 5) is 11.4. The first kappa shape index (κ1) is 12.9. The van der Waals surface area contributed by atoms with Gasteiger partial charge in [-0.05, 0) is 87.4 Å². The van der Waals surface area contributed by atoms with E-state index in [-0.39, 0.29) is 5.92 Å². The Labute approximate surface area is 121 Å². The highest BCUT2D eigenvalue weighted by Gasteiger charge is 2.51. The van der Waals surface area contributed by atoms with E-state index in [0.717, 1.165) is 30.1 Å². The topological polar surface area (TPSA) is 37.3 Å². The molecule has 2 heteroatoms. The zero-order valence-electron chi connectivity index (χ0n) is 12.3. The molecule has 6 unspecified atom stereocenters. The Balaban J connectivity index is 1.57. The van der Waals surface area contributed by atoms with E-state index in [1.54, 1.807) is 5.57 Å². The number of rotatable bonds is 1. The second-order valence-corrected chi connectivity index (χ2v) is 7.61. The monoisotopic (exact) mass is 274 g/mol. The summed E-state index contributed by atoms with van der Waals surface area (Å²) >= 11 is 0. The van der Waals surface area contributed by atoms with Crippen LogP contribution in [0.3, 0.4) is 0 Å². The van der Waals surface area contributed by atoms with Crippen molar-refractivity contribution in [2.75, 3.05) is 0 Å². The van der Waals surface area contributed by atoms with Crippen molar-refractivity contribution in [3.05, 3.63) is 11.6 Å². The fraction of sp³-hybridized carbons (Fsp3) is 0.833. The molecule has 0 bridgehead atoms. The molecule has 0 amide bonds. The van der Waals surface area contributed by atoms with Gasteiger partial charge >= 0.3 is 5.97 Å². The third-order valence-electron chi connectivity index (χ3n) is 7.01. The van der Waals surface area contributed by atoms with E-state index < -0.39 is 5.97 Å². The van der Waals surface area contributed by atoms with Crippen LogP contribution in [0.15, 0.2) is 11.6 Å². The molecule has 2 nitrogen and oxygen atoms in total. The van der Waals surface area contributed by atoms with E-state index in [9.17, 15) is 9.90 Å². The standard InChI is InChI=1S/C18H26O2/c19-18(20)17-10-9-15-14-6-5-11-3-1-2-4-12(11)13(14)7-8-16(15)17/h3,12-17H,1-2,4-10H2,(H,19,20). The Hall–Kier alpha value is -0.790. The van der Waals surface area contributed by atoms with Crippen molar-refractivity contribution in [3.8, 4) is 0 Å². The van der Waals surface area contributed by atoms with Crippen LogP contribution in [0.2, 0.25) is 0 Å². The van der Waals surface area contributed by atoms with Crippen molar-refractivity contribution >= 4 is 5.97 Å². The second-order valence-electron chi connectivity index (χ2n) is 7.61. The summed E-state index contributed by atoms with van der Waals surface area (Å²) in [5.41, 5.74) is 1.77. The van der Waals surface area contributed by atoms with Gasteiger partial charge in [0, 0.05) is 0 Å². The summed E-state index contributed by atoms with van der Waals surface area (Å²) in [5, 5.41) is 9.43. The lowest BCUT2D eigenvalue weighted by atomic mass is 9.55. The fourth-order valence-electron chi connectivity index (χ4n) is 6.27. The van der Waals surface area contributed by atoms with Gasteiger partial charge in [-0.1, -0.05) is 11.6 Å². The quantitative estimate of drug-likeness (QED) is 0.725. The largest absolute Gasteiger partial charge is 0.481 e. The number of carboxylic acids is 1. The SMILES string of the molecule is O=C(O)C1CCC2C1CCC1C3CCCC=C3CCC12. The molecule has 0 aromatic heterocycles.